The quantitative estimate of drug-likeness (QED) is 0.810. The smallest absolute Gasteiger partial charge is 0.224 e. The average Bonchev–Trinajstić information content (AvgIpc) is 2.30. The molecule has 0 saturated carbocycles. The summed E-state index contributed by atoms with van der Waals surface area (Å²) >= 11 is 0. The van der Waals surface area contributed by atoms with Gasteiger partial charge in [0.05, 0.1) is 13.2 Å². The number of nitrogens with one attached hydrogen (secondary N) is 2. The Hall–Kier alpha value is -1.40. The number of nitrogens with zero attached hydrogens (tertiary/aromatic N) is 3. The lowest BCUT2D eigenvalue weighted by Crippen LogP contribution is -2.40. The lowest BCUT2D eigenvalue weighted by atomic mass is 10.4. The Bertz CT molecular complexity index is 365. The molecule has 0 amide bonds. The summed E-state index contributed by atoms with van der Waals surface area (Å²) in [5, 5.41) is 5.23. The normalized spacial score (nSPS) is 16.8. The van der Waals surface area contributed by atoms with Crippen LogP contribution in [-0.2, 0) is 4.74 Å². The van der Waals surface area contributed by atoms with E-state index in [1.54, 1.807) is 0 Å². The van der Waals surface area contributed by atoms with Crippen molar-refractivity contribution in [3.8, 4) is 0 Å². The van der Waals surface area contributed by atoms with Gasteiger partial charge in [-0.2, -0.15) is 4.98 Å². The van der Waals surface area contributed by atoms with E-state index in [0.717, 1.165) is 44.4 Å². The minimum Gasteiger partial charge on any atom is -0.379 e. The fraction of sp³-hybridized carbons (Fsp3) is 0.636. The molecule has 1 aliphatic rings. The average molecular weight is 237 g/mol. The number of aryl methyl sites for hydroxylation is 1. The minimum absolute atomic E-state index is 0.670. The van der Waals surface area contributed by atoms with Gasteiger partial charge in [0.15, 0.2) is 0 Å². The van der Waals surface area contributed by atoms with Gasteiger partial charge in [-0.1, -0.05) is 0 Å². The van der Waals surface area contributed by atoms with Crippen LogP contribution in [0.4, 0.5) is 11.8 Å². The van der Waals surface area contributed by atoms with Gasteiger partial charge in [-0.15, -0.1) is 0 Å². The molecule has 1 fully saturated rings. The molecule has 0 unspecified atom stereocenters. The molecule has 0 aliphatic carbocycles. The maximum Gasteiger partial charge on any atom is 0.224 e. The molecule has 1 aromatic rings. The molecule has 0 aromatic carbocycles. The van der Waals surface area contributed by atoms with Gasteiger partial charge in [0.1, 0.15) is 5.82 Å². The number of rotatable bonds is 4. The molecule has 6 nitrogen and oxygen atoms in total. The molecule has 94 valence electrons. The van der Waals surface area contributed by atoms with Gasteiger partial charge >= 0.3 is 0 Å². The van der Waals surface area contributed by atoms with Crippen LogP contribution in [0.1, 0.15) is 12.6 Å². The van der Waals surface area contributed by atoms with E-state index >= 15 is 0 Å². The highest BCUT2D eigenvalue weighted by atomic mass is 16.5. The first kappa shape index (κ1) is 12.1. The summed E-state index contributed by atoms with van der Waals surface area (Å²) in [6, 6.07) is 1.94. The number of hydrazine groups is 1. The van der Waals surface area contributed by atoms with E-state index in [0.29, 0.717) is 5.95 Å². The standard InChI is InChI=1S/C11H19N5O/c1-3-12-11-13-9(2)8-10(14-11)15-16-4-6-17-7-5-16/h8H,3-7H2,1-2H3,(H2,12,13,14,15). The van der Waals surface area contributed by atoms with E-state index < -0.39 is 0 Å². The van der Waals surface area contributed by atoms with Crippen molar-refractivity contribution in [1.82, 2.24) is 15.0 Å². The van der Waals surface area contributed by atoms with Gasteiger partial charge in [-0.25, -0.2) is 9.99 Å². The van der Waals surface area contributed by atoms with Gasteiger partial charge < -0.3 is 15.5 Å². The van der Waals surface area contributed by atoms with Crippen LogP contribution in [0.15, 0.2) is 6.07 Å². The second kappa shape index (κ2) is 5.79. The van der Waals surface area contributed by atoms with Gasteiger partial charge in [-0.3, -0.25) is 0 Å². The second-order valence-corrected chi connectivity index (χ2v) is 3.96. The zero-order valence-corrected chi connectivity index (χ0v) is 10.4. The summed E-state index contributed by atoms with van der Waals surface area (Å²) in [6.45, 7) is 8.08. The molecule has 2 rings (SSSR count). The predicted octanol–water partition coefficient (Wildman–Crippen LogP) is 0.876. The third-order valence-electron chi connectivity index (χ3n) is 2.47. The van der Waals surface area contributed by atoms with E-state index in [9.17, 15) is 0 Å². The summed E-state index contributed by atoms with van der Waals surface area (Å²) in [6.07, 6.45) is 0. The van der Waals surface area contributed by atoms with Gasteiger partial charge in [-0.05, 0) is 13.8 Å². The largest absolute Gasteiger partial charge is 0.379 e. The molecule has 0 spiro atoms. The van der Waals surface area contributed by atoms with E-state index in [4.69, 9.17) is 4.74 Å². The molecule has 1 aliphatic heterocycles. The van der Waals surface area contributed by atoms with Gasteiger partial charge in [0.25, 0.3) is 0 Å². The van der Waals surface area contributed by atoms with Crippen molar-refractivity contribution in [2.24, 2.45) is 0 Å². The van der Waals surface area contributed by atoms with E-state index in [2.05, 4.69) is 25.7 Å². The Morgan fingerprint density at radius 1 is 1.35 bits per heavy atom. The van der Waals surface area contributed by atoms with Crippen molar-refractivity contribution < 1.29 is 4.74 Å². The fourth-order valence-electron chi connectivity index (χ4n) is 1.70. The Balaban J connectivity index is 2.03. The van der Waals surface area contributed by atoms with E-state index in [1.807, 2.05) is 19.9 Å². The molecule has 0 bridgehead atoms. The van der Waals surface area contributed by atoms with E-state index in [-0.39, 0.29) is 0 Å². The molecule has 0 atom stereocenters. The maximum absolute atomic E-state index is 5.30. The summed E-state index contributed by atoms with van der Waals surface area (Å²) in [5.74, 6) is 1.50. The second-order valence-electron chi connectivity index (χ2n) is 3.96. The number of hydrogen-bond acceptors (Lipinski definition) is 6. The summed E-state index contributed by atoms with van der Waals surface area (Å²) in [7, 11) is 0. The van der Waals surface area contributed by atoms with Crippen molar-refractivity contribution >= 4 is 11.8 Å². The number of ether oxygens (including phenoxy) is 1. The Morgan fingerprint density at radius 2 is 2.12 bits per heavy atom. The van der Waals surface area contributed by atoms with Crippen LogP contribution in [0.25, 0.3) is 0 Å². The lowest BCUT2D eigenvalue weighted by Gasteiger charge is -2.27. The molecular weight excluding hydrogens is 218 g/mol. The van der Waals surface area contributed by atoms with Crippen molar-refractivity contribution in [1.29, 1.82) is 0 Å². The van der Waals surface area contributed by atoms with Crippen LogP contribution in [0.5, 0.6) is 0 Å². The molecular formula is C11H19N5O. The summed E-state index contributed by atoms with van der Waals surface area (Å²) in [4.78, 5) is 8.71. The molecule has 2 N–H and O–H groups in total. The lowest BCUT2D eigenvalue weighted by molar-refractivity contribution is 0.0495. The van der Waals surface area contributed by atoms with Crippen molar-refractivity contribution in [3.05, 3.63) is 11.8 Å². The highest BCUT2D eigenvalue weighted by Crippen LogP contribution is 2.11. The first-order valence-electron chi connectivity index (χ1n) is 5.97. The zero-order chi connectivity index (χ0) is 12.1. The SMILES string of the molecule is CCNc1nc(C)cc(NN2CCOCC2)n1. The van der Waals surface area contributed by atoms with Gasteiger partial charge in [0, 0.05) is 31.4 Å². The zero-order valence-electron chi connectivity index (χ0n) is 10.4. The molecule has 1 aromatic heterocycles. The minimum atomic E-state index is 0.670. The maximum atomic E-state index is 5.30. The highest BCUT2D eigenvalue weighted by molar-refractivity contribution is 5.41. The third-order valence-corrected chi connectivity index (χ3v) is 2.47. The summed E-state index contributed by atoms with van der Waals surface area (Å²) in [5.41, 5.74) is 4.23. The van der Waals surface area contributed by atoms with Crippen molar-refractivity contribution in [2.45, 2.75) is 13.8 Å². The summed E-state index contributed by atoms with van der Waals surface area (Å²) < 4.78 is 5.30. The van der Waals surface area contributed by atoms with Crippen molar-refractivity contribution in [3.63, 3.8) is 0 Å². The Kier molecular flexibility index (Phi) is 4.11. The fourth-order valence-corrected chi connectivity index (χ4v) is 1.70. The Morgan fingerprint density at radius 3 is 2.82 bits per heavy atom. The molecule has 2 heterocycles. The topological polar surface area (TPSA) is 62.3 Å². The van der Waals surface area contributed by atoms with Crippen LogP contribution in [0.2, 0.25) is 0 Å². The van der Waals surface area contributed by atoms with Crippen molar-refractivity contribution in [2.75, 3.05) is 43.6 Å². The first-order valence-corrected chi connectivity index (χ1v) is 5.97. The predicted molar refractivity (Wildman–Crippen MR) is 66.9 cm³/mol. The van der Waals surface area contributed by atoms with Gasteiger partial charge in [0.2, 0.25) is 5.95 Å². The van der Waals surface area contributed by atoms with Crippen LogP contribution < -0.4 is 10.7 Å². The monoisotopic (exact) mass is 237 g/mol. The van der Waals surface area contributed by atoms with Crippen LogP contribution >= 0.6 is 0 Å². The number of anilines is 2. The number of aromatic nitrogens is 2. The molecule has 1 saturated heterocycles. The van der Waals surface area contributed by atoms with E-state index in [1.165, 1.54) is 0 Å². The molecule has 0 radical (unpaired) electrons. The Labute approximate surface area is 101 Å². The van der Waals surface area contributed by atoms with Crippen LogP contribution in [-0.4, -0.2) is 47.8 Å². The number of hydrogen-bond donors (Lipinski definition) is 2. The number of morpholine rings is 1. The first-order chi connectivity index (χ1) is 8.28. The highest BCUT2D eigenvalue weighted by Gasteiger charge is 2.11. The third kappa shape index (κ3) is 3.54. The van der Waals surface area contributed by atoms with Crippen LogP contribution in [0.3, 0.4) is 0 Å². The molecule has 17 heavy (non-hydrogen) atoms. The van der Waals surface area contributed by atoms with Crippen LogP contribution in [0, 0.1) is 6.92 Å². The molecule has 6 heteroatoms.